The van der Waals surface area contributed by atoms with Gasteiger partial charge in [-0.1, -0.05) is 12.1 Å². The molecule has 0 bridgehead atoms. The summed E-state index contributed by atoms with van der Waals surface area (Å²) in [4.78, 5) is 71.6. The fraction of sp³-hybridized carbons (Fsp3) is 0.282. The monoisotopic (exact) mass is 788 g/mol. The van der Waals surface area contributed by atoms with Crippen molar-refractivity contribution in [2.75, 3.05) is 55.9 Å². The second-order valence-electron chi connectivity index (χ2n) is 13.6. The van der Waals surface area contributed by atoms with Gasteiger partial charge in [-0.15, -0.1) is 0 Å². The van der Waals surface area contributed by atoms with E-state index in [1.54, 1.807) is 24.3 Å². The van der Waals surface area contributed by atoms with Crippen LogP contribution < -0.4 is 30.9 Å². The summed E-state index contributed by atoms with van der Waals surface area (Å²) in [5, 5.41) is 10.4. The molecule has 0 saturated carbocycles. The summed E-state index contributed by atoms with van der Waals surface area (Å²) in [7, 11) is 2.88. The van der Waals surface area contributed by atoms with E-state index in [-0.39, 0.29) is 46.7 Å². The molecule has 2 fully saturated rings. The molecule has 1 atom stereocenters. The number of hydrogen-bond donors (Lipinski definition) is 4. The first kappa shape index (κ1) is 38.7. The van der Waals surface area contributed by atoms with Gasteiger partial charge in [-0.3, -0.25) is 39.1 Å². The predicted molar refractivity (Wildman–Crippen MR) is 199 cm³/mol. The molecule has 2 saturated heterocycles. The number of aromatic nitrogens is 1. The molecule has 57 heavy (non-hydrogen) atoms. The molecule has 14 nitrogen and oxygen atoms in total. The number of nitrogens with one attached hydrogen (secondary N) is 4. The quantitative estimate of drug-likeness (QED) is 0.129. The van der Waals surface area contributed by atoms with Gasteiger partial charge in [0, 0.05) is 70.2 Å². The Bertz CT molecular complexity index is 2300. The topological polar surface area (TPSA) is 165 Å². The number of amides is 5. The van der Waals surface area contributed by atoms with Crippen LogP contribution in [0.15, 0.2) is 66.9 Å². The van der Waals surface area contributed by atoms with E-state index in [1.165, 1.54) is 44.5 Å². The fourth-order valence-corrected chi connectivity index (χ4v) is 7.16. The number of anilines is 5. The molecule has 3 aliphatic heterocycles. The summed E-state index contributed by atoms with van der Waals surface area (Å²) in [5.41, 5.74) is 0.205. The van der Waals surface area contributed by atoms with Crippen LogP contribution in [0.3, 0.4) is 0 Å². The van der Waals surface area contributed by atoms with Crippen molar-refractivity contribution in [3.8, 4) is 5.75 Å². The van der Waals surface area contributed by atoms with Gasteiger partial charge in [0.2, 0.25) is 11.8 Å². The lowest BCUT2D eigenvalue weighted by atomic mass is 10.0. The highest BCUT2D eigenvalue weighted by molar-refractivity contribution is 6.23. The molecule has 5 amide bonds. The summed E-state index contributed by atoms with van der Waals surface area (Å²) >= 11 is 0. The van der Waals surface area contributed by atoms with Gasteiger partial charge in [0.15, 0.2) is 0 Å². The second kappa shape index (κ2) is 15.5. The van der Waals surface area contributed by atoms with E-state index >= 15 is 4.39 Å². The van der Waals surface area contributed by atoms with Crippen LogP contribution in [0.1, 0.15) is 55.0 Å². The summed E-state index contributed by atoms with van der Waals surface area (Å²) in [6, 6.07) is 14.2. The van der Waals surface area contributed by atoms with Gasteiger partial charge in [-0.05, 0) is 48.4 Å². The molecular weight excluding hydrogens is 752 g/mol. The number of nitrogens with zero attached hydrogens (tertiary/aromatic N) is 4. The Morgan fingerprint density at radius 2 is 1.68 bits per heavy atom. The van der Waals surface area contributed by atoms with E-state index in [1.807, 2.05) is 6.07 Å². The van der Waals surface area contributed by atoms with Crippen molar-refractivity contribution in [1.82, 2.24) is 25.4 Å². The maximum Gasteiger partial charge on any atom is 0.419 e. The molecule has 0 spiro atoms. The fourth-order valence-electron chi connectivity index (χ4n) is 7.16. The van der Waals surface area contributed by atoms with E-state index in [4.69, 9.17) is 4.74 Å². The molecule has 0 radical (unpaired) electrons. The van der Waals surface area contributed by atoms with Crippen LogP contribution in [0.2, 0.25) is 0 Å². The lowest BCUT2D eigenvalue weighted by molar-refractivity contribution is -0.137. The lowest BCUT2D eigenvalue weighted by Gasteiger charge is -2.36. The molecule has 7 rings (SSSR count). The molecule has 4 heterocycles. The average Bonchev–Trinajstić information content (AvgIpc) is 3.43. The number of ether oxygens (including phenoxy) is 1. The highest BCUT2D eigenvalue weighted by Crippen LogP contribution is 2.39. The van der Waals surface area contributed by atoms with Gasteiger partial charge < -0.3 is 25.6 Å². The minimum atomic E-state index is -4.74. The Morgan fingerprint density at radius 3 is 2.39 bits per heavy atom. The number of pyridine rings is 1. The zero-order chi connectivity index (χ0) is 40.6. The number of para-hydroxylation sites is 1. The van der Waals surface area contributed by atoms with Gasteiger partial charge in [-0.2, -0.15) is 13.2 Å². The van der Waals surface area contributed by atoms with Crippen molar-refractivity contribution >= 4 is 58.1 Å². The third kappa shape index (κ3) is 7.80. The van der Waals surface area contributed by atoms with E-state index < -0.39 is 53.1 Å². The second-order valence-corrected chi connectivity index (χ2v) is 13.6. The number of methoxy groups -OCH3 is 1. The zero-order valence-corrected chi connectivity index (χ0v) is 30.6. The first-order chi connectivity index (χ1) is 27.2. The van der Waals surface area contributed by atoms with Crippen LogP contribution in [0.5, 0.6) is 5.75 Å². The number of carbonyl (C=O) groups is 5. The van der Waals surface area contributed by atoms with Crippen molar-refractivity contribution in [2.45, 2.75) is 31.6 Å². The standard InChI is InChI=1S/C39H36F4N8O6/c1-44-35(53)23-5-3-4-6-27(23)46-29-18-32(45-19-25(29)39(41,42)43)47-28-8-7-22(17-31(28)57-2)50-13-11-49(12-14-50)20-21-15-24-34(26(40)16-21)38(56)51(37(24)55)30-9-10-33(52)48-36(30)54/h3-8,15-19,30H,9-14,20H2,1-2H3,(H,44,53)(H2,45,46,47)(H,48,52,54). The first-order valence-corrected chi connectivity index (χ1v) is 17.9. The molecule has 18 heteroatoms. The van der Waals surface area contributed by atoms with Crippen molar-refractivity contribution in [1.29, 1.82) is 0 Å². The van der Waals surface area contributed by atoms with Crippen molar-refractivity contribution < 1.29 is 46.3 Å². The number of carbonyl (C=O) groups excluding carboxylic acids is 5. The SMILES string of the molecule is CNC(=O)c1ccccc1Nc1cc(Nc2ccc(N3CCN(Cc4cc(F)c5c(c4)C(=O)N(C4CCC(=O)NC4=O)C5=O)CC3)cc2OC)ncc1C(F)(F)F. The van der Waals surface area contributed by atoms with Crippen LogP contribution in [-0.2, 0) is 22.3 Å². The molecule has 296 valence electrons. The van der Waals surface area contributed by atoms with Gasteiger partial charge >= 0.3 is 6.18 Å². The zero-order valence-electron chi connectivity index (χ0n) is 30.6. The Balaban J connectivity index is 1.02. The largest absolute Gasteiger partial charge is 0.494 e. The smallest absolute Gasteiger partial charge is 0.419 e. The van der Waals surface area contributed by atoms with E-state index in [2.05, 4.69) is 36.1 Å². The molecule has 3 aliphatic rings. The van der Waals surface area contributed by atoms with Gasteiger partial charge in [0.25, 0.3) is 17.7 Å². The van der Waals surface area contributed by atoms with Crippen molar-refractivity contribution in [2.24, 2.45) is 0 Å². The summed E-state index contributed by atoms with van der Waals surface area (Å²) in [6.07, 6.45) is -4.11. The Kier molecular flexibility index (Phi) is 10.5. The third-order valence-corrected chi connectivity index (χ3v) is 10.0. The van der Waals surface area contributed by atoms with Crippen molar-refractivity contribution in [3.63, 3.8) is 0 Å². The van der Waals surface area contributed by atoms with Crippen LogP contribution >= 0.6 is 0 Å². The minimum Gasteiger partial charge on any atom is -0.494 e. The molecular formula is C39H36F4N8O6. The van der Waals surface area contributed by atoms with E-state index in [0.717, 1.165) is 10.6 Å². The molecule has 4 N–H and O–H groups in total. The molecule has 4 aromatic rings. The molecule has 0 aliphatic carbocycles. The molecule has 1 unspecified atom stereocenters. The first-order valence-electron chi connectivity index (χ1n) is 17.9. The van der Waals surface area contributed by atoms with Crippen LogP contribution in [0.25, 0.3) is 0 Å². The minimum absolute atomic E-state index is 0.0345. The maximum absolute atomic E-state index is 15.3. The van der Waals surface area contributed by atoms with Crippen LogP contribution in [0.4, 0.5) is 46.1 Å². The predicted octanol–water partition coefficient (Wildman–Crippen LogP) is 4.82. The Morgan fingerprint density at radius 1 is 0.930 bits per heavy atom. The molecule has 3 aromatic carbocycles. The number of imide groups is 2. The highest BCUT2D eigenvalue weighted by Gasteiger charge is 2.46. The number of alkyl halides is 3. The lowest BCUT2D eigenvalue weighted by Crippen LogP contribution is -2.54. The van der Waals surface area contributed by atoms with E-state index in [9.17, 15) is 37.1 Å². The van der Waals surface area contributed by atoms with Gasteiger partial charge in [-0.25, -0.2) is 9.37 Å². The number of rotatable bonds is 10. The number of benzene rings is 3. The Hall–Kier alpha value is -6.56. The molecule has 1 aromatic heterocycles. The van der Waals surface area contributed by atoms with Crippen LogP contribution in [0, 0.1) is 5.82 Å². The van der Waals surface area contributed by atoms with Crippen molar-refractivity contribution in [3.05, 3.63) is 100 Å². The number of fused-ring (bicyclic) bond motifs is 1. The van der Waals surface area contributed by atoms with Crippen LogP contribution in [-0.4, -0.2) is 90.7 Å². The maximum atomic E-state index is 15.3. The number of halogens is 4. The van der Waals surface area contributed by atoms with E-state index in [0.29, 0.717) is 55.9 Å². The summed E-state index contributed by atoms with van der Waals surface area (Å²) in [6.45, 7) is 2.54. The number of piperazine rings is 1. The van der Waals surface area contributed by atoms with Gasteiger partial charge in [0.05, 0.1) is 46.4 Å². The Labute approximate surface area is 323 Å². The third-order valence-electron chi connectivity index (χ3n) is 10.0. The van der Waals surface area contributed by atoms with Gasteiger partial charge in [0.1, 0.15) is 23.4 Å². The average molecular weight is 789 g/mol. The normalized spacial score (nSPS) is 17.3. The summed E-state index contributed by atoms with van der Waals surface area (Å²) < 4.78 is 63.0. The number of piperidine rings is 1. The highest BCUT2D eigenvalue weighted by atomic mass is 19.4. The number of hydrogen-bond acceptors (Lipinski definition) is 11. The summed E-state index contributed by atoms with van der Waals surface area (Å²) in [5.74, 6) is -3.82.